The van der Waals surface area contributed by atoms with Gasteiger partial charge in [0.15, 0.2) is 17.5 Å². The minimum absolute atomic E-state index is 0.524. The lowest BCUT2D eigenvalue weighted by molar-refractivity contribution is 0.191. The van der Waals surface area contributed by atoms with E-state index in [9.17, 15) is 0 Å². The van der Waals surface area contributed by atoms with E-state index in [-0.39, 0.29) is 0 Å². The summed E-state index contributed by atoms with van der Waals surface area (Å²) in [6.45, 7) is 2.60. The SMILES string of the molecule is COc1ccc(CCNC(N)=NCCCN(C)C2CCCCC2)cc1OC. The van der Waals surface area contributed by atoms with Crippen molar-refractivity contribution in [3.05, 3.63) is 23.8 Å². The second-order valence-corrected chi connectivity index (χ2v) is 7.26. The molecule has 1 saturated carbocycles. The topological polar surface area (TPSA) is 72.1 Å². The molecule has 0 bridgehead atoms. The Morgan fingerprint density at radius 3 is 2.63 bits per heavy atom. The Morgan fingerprint density at radius 2 is 1.93 bits per heavy atom. The van der Waals surface area contributed by atoms with Crippen LogP contribution < -0.4 is 20.5 Å². The Labute approximate surface area is 164 Å². The Balaban J connectivity index is 1.64. The van der Waals surface area contributed by atoms with Crippen molar-refractivity contribution in [1.82, 2.24) is 10.2 Å². The van der Waals surface area contributed by atoms with E-state index in [0.717, 1.165) is 50.0 Å². The van der Waals surface area contributed by atoms with Crippen molar-refractivity contribution in [1.29, 1.82) is 0 Å². The molecule has 1 aromatic carbocycles. The highest BCUT2D eigenvalue weighted by Crippen LogP contribution is 2.27. The fourth-order valence-corrected chi connectivity index (χ4v) is 3.65. The van der Waals surface area contributed by atoms with Gasteiger partial charge in [-0.1, -0.05) is 25.3 Å². The number of aliphatic imine (C=N–C) groups is 1. The first-order valence-electron chi connectivity index (χ1n) is 10.1. The first kappa shape index (κ1) is 21.4. The summed E-state index contributed by atoms with van der Waals surface area (Å²) in [5.41, 5.74) is 7.15. The number of rotatable bonds is 10. The van der Waals surface area contributed by atoms with Crippen molar-refractivity contribution in [3.63, 3.8) is 0 Å². The number of guanidine groups is 1. The zero-order chi connectivity index (χ0) is 19.5. The summed E-state index contributed by atoms with van der Waals surface area (Å²) in [7, 11) is 5.53. The molecule has 0 amide bonds. The van der Waals surface area contributed by atoms with Crippen molar-refractivity contribution < 1.29 is 9.47 Å². The molecule has 0 atom stereocenters. The Morgan fingerprint density at radius 1 is 1.19 bits per heavy atom. The van der Waals surface area contributed by atoms with Gasteiger partial charge in [-0.2, -0.15) is 0 Å². The minimum Gasteiger partial charge on any atom is -0.493 e. The van der Waals surface area contributed by atoms with Gasteiger partial charge >= 0.3 is 0 Å². The van der Waals surface area contributed by atoms with E-state index in [0.29, 0.717) is 5.96 Å². The number of hydrogen-bond acceptors (Lipinski definition) is 4. The first-order valence-corrected chi connectivity index (χ1v) is 10.1. The van der Waals surface area contributed by atoms with E-state index in [2.05, 4.69) is 22.3 Å². The largest absolute Gasteiger partial charge is 0.493 e. The molecular formula is C21H36N4O2. The lowest BCUT2D eigenvalue weighted by Crippen LogP contribution is -2.35. The van der Waals surface area contributed by atoms with Crippen LogP contribution in [0.25, 0.3) is 0 Å². The van der Waals surface area contributed by atoms with Gasteiger partial charge in [0.05, 0.1) is 14.2 Å². The second kappa shape index (κ2) is 11.7. The standard InChI is InChI=1S/C21H36N4O2/c1-25(18-8-5-4-6-9-18)15-7-13-23-21(22)24-14-12-17-10-11-19(26-2)20(16-17)27-3/h10-11,16,18H,4-9,12-15H2,1-3H3,(H3,22,23,24). The molecule has 0 radical (unpaired) electrons. The molecule has 27 heavy (non-hydrogen) atoms. The number of benzene rings is 1. The van der Waals surface area contributed by atoms with Crippen molar-refractivity contribution >= 4 is 5.96 Å². The molecule has 6 heteroatoms. The zero-order valence-electron chi connectivity index (χ0n) is 17.2. The maximum Gasteiger partial charge on any atom is 0.188 e. The molecule has 0 aliphatic heterocycles. The van der Waals surface area contributed by atoms with Gasteiger partial charge in [0, 0.05) is 19.1 Å². The lowest BCUT2D eigenvalue weighted by atomic mass is 9.94. The fraction of sp³-hybridized carbons (Fsp3) is 0.667. The number of hydrogen-bond donors (Lipinski definition) is 2. The van der Waals surface area contributed by atoms with Gasteiger partial charge in [-0.15, -0.1) is 0 Å². The molecule has 6 nitrogen and oxygen atoms in total. The normalized spacial score (nSPS) is 15.8. The van der Waals surface area contributed by atoms with Crippen LogP contribution in [0.3, 0.4) is 0 Å². The molecule has 0 unspecified atom stereocenters. The number of ether oxygens (including phenoxy) is 2. The van der Waals surface area contributed by atoms with Crippen LogP contribution in [0.2, 0.25) is 0 Å². The van der Waals surface area contributed by atoms with E-state index in [1.54, 1.807) is 14.2 Å². The van der Waals surface area contributed by atoms with Crippen LogP contribution in [0.5, 0.6) is 11.5 Å². The fourth-order valence-electron chi connectivity index (χ4n) is 3.65. The molecule has 0 spiro atoms. The summed E-state index contributed by atoms with van der Waals surface area (Å²) in [6.07, 6.45) is 8.75. The van der Waals surface area contributed by atoms with Gasteiger partial charge < -0.3 is 25.4 Å². The maximum atomic E-state index is 5.98. The van der Waals surface area contributed by atoms with Gasteiger partial charge in [-0.05, 0) is 57.0 Å². The van der Waals surface area contributed by atoms with Crippen LogP contribution in [-0.2, 0) is 6.42 Å². The van der Waals surface area contributed by atoms with Gasteiger partial charge in [0.25, 0.3) is 0 Å². The van der Waals surface area contributed by atoms with E-state index in [4.69, 9.17) is 15.2 Å². The summed E-state index contributed by atoms with van der Waals surface area (Å²) in [5, 5.41) is 3.19. The van der Waals surface area contributed by atoms with Crippen molar-refractivity contribution in [2.45, 2.75) is 51.0 Å². The molecule has 2 rings (SSSR count). The summed E-state index contributed by atoms with van der Waals surface area (Å²) < 4.78 is 10.6. The Bertz CT molecular complexity index is 586. The monoisotopic (exact) mass is 376 g/mol. The molecule has 1 aliphatic carbocycles. The van der Waals surface area contributed by atoms with E-state index in [1.165, 1.54) is 37.7 Å². The number of methoxy groups -OCH3 is 2. The molecule has 152 valence electrons. The summed E-state index contributed by atoms with van der Waals surface area (Å²) in [4.78, 5) is 6.94. The molecule has 1 aliphatic rings. The quantitative estimate of drug-likeness (QED) is 0.373. The highest BCUT2D eigenvalue weighted by molar-refractivity contribution is 5.77. The highest BCUT2D eigenvalue weighted by atomic mass is 16.5. The van der Waals surface area contributed by atoms with Crippen LogP contribution in [0.15, 0.2) is 23.2 Å². The van der Waals surface area contributed by atoms with Gasteiger partial charge in [-0.3, -0.25) is 4.99 Å². The van der Waals surface area contributed by atoms with Crippen LogP contribution >= 0.6 is 0 Å². The summed E-state index contributed by atoms with van der Waals surface area (Å²) in [5.74, 6) is 2.02. The Kier molecular flexibility index (Phi) is 9.25. The highest BCUT2D eigenvalue weighted by Gasteiger charge is 2.17. The molecule has 0 saturated heterocycles. The van der Waals surface area contributed by atoms with Gasteiger partial charge in [0.2, 0.25) is 0 Å². The average molecular weight is 377 g/mol. The van der Waals surface area contributed by atoms with Gasteiger partial charge in [-0.25, -0.2) is 0 Å². The smallest absolute Gasteiger partial charge is 0.188 e. The van der Waals surface area contributed by atoms with Crippen LogP contribution in [-0.4, -0.2) is 57.8 Å². The zero-order valence-corrected chi connectivity index (χ0v) is 17.2. The Hall–Kier alpha value is -1.95. The molecule has 1 aromatic rings. The predicted molar refractivity (Wildman–Crippen MR) is 112 cm³/mol. The molecule has 0 aromatic heterocycles. The third-order valence-corrected chi connectivity index (χ3v) is 5.32. The molecule has 0 heterocycles. The van der Waals surface area contributed by atoms with Crippen molar-refractivity contribution in [2.75, 3.05) is 40.9 Å². The number of nitrogens with zero attached hydrogens (tertiary/aromatic N) is 2. The number of nitrogens with two attached hydrogens (primary N) is 1. The van der Waals surface area contributed by atoms with E-state index in [1.807, 2.05) is 18.2 Å². The van der Waals surface area contributed by atoms with E-state index < -0.39 is 0 Å². The second-order valence-electron chi connectivity index (χ2n) is 7.26. The van der Waals surface area contributed by atoms with E-state index >= 15 is 0 Å². The maximum absolute atomic E-state index is 5.98. The average Bonchev–Trinajstić information content (AvgIpc) is 2.71. The van der Waals surface area contributed by atoms with Crippen LogP contribution in [0, 0.1) is 0 Å². The van der Waals surface area contributed by atoms with Crippen molar-refractivity contribution in [2.24, 2.45) is 10.7 Å². The van der Waals surface area contributed by atoms with Crippen LogP contribution in [0.1, 0.15) is 44.1 Å². The third kappa shape index (κ3) is 7.29. The molecule has 3 N–H and O–H groups in total. The summed E-state index contributed by atoms with van der Waals surface area (Å²) >= 11 is 0. The predicted octanol–water partition coefficient (Wildman–Crippen LogP) is 2.81. The molecular weight excluding hydrogens is 340 g/mol. The van der Waals surface area contributed by atoms with Crippen LogP contribution in [0.4, 0.5) is 0 Å². The third-order valence-electron chi connectivity index (χ3n) is 5.32. The van der Waals surface area contributed by atoms with Gasteiger partial charge in [0.1, 0.15) is 0 Å². The summed E-state index contributed by atoms with van der Waals surface area (Å²) in [6, 6.07) is 6.72. The lowest BCUT2D eigenvalue weighted by Gasteiger charge is -2.30. The molecule has 1 fully saturated rings. The first-order chi connectivity index (χ1) is 13.1. The minimum atomic E-state index is 0.524. The number of nitrogens with one attached hydrogen (secondary N) is 1. The van der Waals surface area contributed by atoms with Crippen molar-refractivity contribution in [3.8, 4) is 11.5 Å².